The molecule has 0 spiro atoms. The van der Waals surface area contributed by atoms with Gasteiger partial charge in [-0.15, -0.1) is 0 Å². The van der Waals surface area contributed by atoms with E-state index in [1.165, 1.54) is 16.7 Å². The second kappa shape index (κ2) is 9.51. The molecule has 3 aromatic carbocycles. The van der Waals surface area contributed by atoms with Gasteiger partial charge >= 0.3 is 0 Å². The molecule has 1 unspecified atom stereocenters. The number of rotatable bonds is 6. The minimum atomic E-state index is -0.592. The summed E-state index contributed by atoms with van der Waals surface area (Å²) in [5, 5.41) is 10.7. The third kappa shape index (κ3) is 4.72. The maximum absolute atomic E-state index is 9.73. The maximum Gasteiger partial charge on any atom is 0.108 e. The van der Waals surface area contributed by atoms with Crippen LogP contribution in [0.25, 0.3) is 11.1 Å². The molecular formula is C25H25Cl2NO2. The van der Waals surface area contributed by atoms with Gasteiger partial charge in [-0.25, -0.2) is 0 Å². The van der Waals surface area contributed by atoms with E-state index in [0.717, 1.165) is 18.7 Å². The van der Waals surface area contributed by atoms with E-state index in [1.54, 1.807) is 6.07 Å². The van der Waals surface area contributed by atoms with Crippen LogP contribution in [0, 0.1) is 0 Å². The zero-order chi connectivity index (χ0) is 21.0. The molecule has 0 radical (unpaired) electrons. The van der Waals surface area contributed by atoms with E-state index < -0.39 is 5.60 Å². The van der Waals surface area contributed by atoms with Gasteiger partial charge in [-0.1, -0.05) is 83.9 Å². The highest BCUT2D eigenvalue weighted by Gasteiger charge is 2.38. The first-order chi connectivity index (χ1) is 14.6. The highest BCUT2D eigenvalue weighted by Crippen LogP contribution is 2.36. The van der Waals surface area contributed by atoms with E-state index >= 15 is 0 Å². The van der Waals surface area contributed by atoms with Gasteiger partial charge in [0.2, 0.25) is 0 Å². The average molecular weight is 442 g/mol. The zero-order valence-corrected chi connectivity index (χ0v) is 18.2. The van der Waals surface area contributed by atoms with Crippen LogP contribution < -0.4 is 0 Å². The monoisotopic (exact) mass is 441 g/mol. The van der Waals surface area contributed by atoms with E-state index in [1.807, 2.05) is 18.2 Å². The minimum absolute atomic E-state index is 0.0415. The summed E-state index contributed by atoms with van der Waals surface area (Å²) in [7, 11) is 0. The standard InChI is InChI=1S/C25H25Cl2NO2/c26-23-11-10-22(16-24(23)27)25(12-14-29)18-28(13-15-30-25)17-19-6-8-21(9-7-19)20-4-2-1-3-5-20/h1-11,16,29H,12-15,17-18H2. The Labute approximate surface area is 187 Å². The third-order valence-electron chi connectivity index (χ3n) is 5.69. The summed E-state index contributed by atoms with van der Waals surface area (Å²) in [4.78, 5) is 2.37. The lowest BCUT2D eigenvalue weighted by atomic mass is 9.88. The molecule has 5 heteroatoms. The predicted octanol–water partition coefficient (Wildman–Crippen LogP) is 5.77. The van der Waals surface area contributed by atoms with Crippen LogP contribution in [0.1, 0.15) is 17.5 Å². The van der Waals surface area contributed by atoms with Gasteiger partial charge < -0.3 is 9.84 Å². The molecule has 1 atom stereocenters. The number of hydrogen-bond acceptors (Lipinski definition) is 3. The van der Waals surface area contributed by atoms with Crippen molar-refractivity contribution in [1.29, 1.82) is 0 Å². The smallest absolute Gasteiger partial charge is 0.108 e. The molecule has 1 heterocycles. The number of benzene rings is 3. The molecule has 0 bridgehead atoms. The zero-order valence-electron chi connectivity index (χ0n) is 16.7. The van der Waals surface area contributed by atoms with Crippen LogP contribution in [0.2, 0.25) is 10.0 Å². The lowest BCUT2D eigenvalue weighted by Gasteiger charge is -2.43. The molecule has 1 saturated heterocycles. The molecule has 0 amide bonds. The summed E-state index contributed by atoms with van der Waals surface area (Å²) in [6.45, 7) is 3.00. The second-order valence-corrected chi connectivity index (χ2v) is 8.53. The highest BCUT2D eigenvalue weighted by atomic mass is 35.5. The molecule has 1 fully saturated rings. The quantitative estimate of drug-likeness (QED) is 0.526. The van der Waals surface area contributed by atoms with Gasteiger partial charge in [-0.05, 0) is 34.4 Å². The number of aliphatic hydroxyl groups is 1. The molecule has 0 aliphatic carbocycles. The first-order valence-electron chi connectivity index (χ1n) is 10.2. The lowest BCUT2D eigenvalue weighted by Crippen LogP contribution is -2.50. The maximum atomic E-state index is 9.73. The Kier molecular flexibility index (Phi) is 6.77. The molecule has 0 aromatic heterocycles. The fraction of sp³-hybridized carbons (Fsp3) is 0.280. The highest BCUT2D eigenvalue weighted by molar-refractivity contribution is 6.42. The van der Waals surface area contributed by atoms with Crippen molar-refractivity contribution >= 4 is 23.2 Å². The Bertz CT molecular complexity index is 974. The van der Waals surface area contributed by atoms with Crippen LogP contribution in [0.4, 0.5) is 0 Å². The van der Waals surface area contributed by atoms with Crippen molar-refractivity contribution in [2.24, 2.45) is 0 Å². The summed E-state index contributed by atoms with van der Waals surface area (Å²) >= 11 is 12.4. The molecule has 4 rings (SSSR count). The van der Waals surface area contributed by atoms with E-state index in [-0.39, 0.29) is 6.61 Å². The largest absolute Gasteiger partial charge is 0.396 e. The van der Waals surface area contributed by atoms with Gasteiger partial charge in [-0.3, -0.25) is 4.90 Å². The second-order valence-electron chi connectivity index (χ2n) is 7.72. The number of hydrogen-bond donors (Lipinski definition) is 1. The van der Waals surface area contributed by atoms with Gasteiger partial charge in [0, 0.05) is 32.7 Å². The predicted molar refractivity (Wildman–Crippen MR) is 123 cm³/mol. The normalized spacial score (nSPS) is 19.7. The van der Waals surface area contributed by atoms with Crippen LogP contribution >= 0.6 is 23.2 Å². The Morgan fingerprint density at radius 3 is 2.33 bits per heavy atom. The van der Waals surface area contributed by atoms with Crippen LogP contribution in [0.15, 0.2) is 72.8 Å². The van der Waals surface area contributed by atoms with Crippen molar-refractivity contribution in [1.82, 2.24) is 4.90 Å². The van der Waals surface area contributed by atoms with Gasteiger partial charge in [-0.2, -0.15) is 0 Å². The van der Waals surface area contributed by atoms with E-state index in [4.69, 9.17) is 27.9 Å². The topological polar surface area (TPSA) is 32.7 Å². The summed E-state index contributed by atoms with van der Waals surface area (Å²) < 4.78 is 6.23. The SMILES string of the molecule is OCCC1(c2ccc(Cl)c(Cl)c2)CN(Cc2ccc(-c3ccccc3)cc2)CCO1. The first-order valence-corrected chi connectivity index (χ1v) is 10.9. The van der Waals surface area contributed by atoms with E-state index in [2.05, 4.69) is 53.4 Å². The Morgan fingerprint density at radius 1 is 0.900 bits per heavy atom. The molecular weight excluding hydrogens is 417 g/mol. The van der Waals surface area contributed by atoms with Crippen LogP contribution in [0.5, 0.6) is 0 Å². The number of aliphatic hydroxyl groups excluding tert-OH is 1. The molecule has 1 aliphatic heterocycles. The molecule has 1 N–H and O–H groups in total. The fourth-order valence-electron chi connectivity index (χ4n) is 4.11. The molecule has 156 valence electrons. The summed E-state index contributed by atoms with van der Waals surface area (Å²) in [5.41, 5.74) is 4.05. The van der Waals surface area contributed by atoms with Gasteiger partial charge in [0.05, 0.1) is 16.7 Å². The molecule has 3 nitrogen and oxygen atoms in total. The Morgan fingerprint density at radius 2 is 1.63 bits per heavy atom. The van der Waals surface area contributed by atoms with Crippen molar-refractivity contribution in [2.75, 3.05) is 26.3 Å². The minimum Gasteiger partial charge on any atom is -0.396 e. The number of nitrogens with zero attached hydrogens (tertiary/aromatic N) is 1. The Hall–Kier alpha value is -1.88. The summed E-state index contributed by atoms with van der Waals surface area (Å²) in [6.07, 6.45) is 0.508. The molecule has 30 heavy (non-hydrogen) atoms. The van der Waals surface area contributed by atoms with Crippen LogP contribution in [0.3, 0.4) is 0 Å². The molecule has 3 aromatic rings. The van der Waals surface area contributed by atoms with Crippen molar-refractivity contribution in [3.05, 3.63) is 94.0 Å². The number of halogens is 2. The fourth-order valence-corrected chi connectivity index (χ4v) is 4.41. The van der Waals surface area contributed by atoms with Gasteiger partial charge in [0.1, 0.15) is 5.60 Å². The molecule has 0 saturated carbocycles. The van der Waals surface area contributed by atoms with Crippen molar-refractivity contribution < 1.29 is 9.84 Å². The van der Waals surface area contributed by atoms with Crippen molar-refractivity contribution in [3.8, 4) is 11.1 Å². The van der Waals surface area contributed by atoms with E-state index in [0.29, 0.717) is 29.6 Å². The number of morpholine rings is 1. The number of ether oxygens (including phenoxy) is 1. The lowest BCUT2D eigenvalue weighted by molar-refractivity contribution is -0.126. The van der Waals surface area contributed by atoms with Crippen LogP contribution in [-0.4, -0.2) is 36.3 Å². The van der Waals surface area contributed by atoms with E-state index in [9.17, 15) is 5.11 Å². The van der Waals surface area contributed by atoms with Gasteiger partial charge in [0.25, 0.3) is 0 Å². The summed E-state index contributed by atoms with van der Waals surface area (Å²) in [6, 6.07) is 24.7. The Balaban J connectivity index is 1.51. The summed E-state index contributed by atoms with van der Waals surface area (Å²) in [5.74, 6) is 0. The van der Waals surface area contributed by atoms with Crippen molar-refractivity contribution in [2.45, 2.75) is 18.6 Å². The average Bonchev–Trinajstić information content (AvgIpc) is 2.77. The van der Waals surface area contributed by atoms with Crippen molar-refractivity contribution in [3.63, 3.8) is 0 Å². The molecule has 1 aliphatic rings. The van der Waals surface area contributed by atoms with Crippen LogP contribution in [-0.2, 0) is 16.9 Å². The third-order valence-corrected chi connectivity index (χ3v) is 6.43. The first kappa shape index (κ1) is 21.4. The van der Waals surface area contributed by atoms with Gasteiger partial charge in [0.15, 0.2) is 0 Å².